The van der Waals surface area contributed by atoms with E-state index in [2.05, 4.69) is 25.8 Å². The fourth-order valence-corrected chi connectivity index (χ4v) is 5.92. The molecular weight excluding hydrogens is 466 g/mol. The SMILES string of the molecule is Cc1c(C(=O)NC2CC3CCC(C2)N3c2ccc(C(=O)NC3CNC3)cn2)ccc2c1OCC2.Cl. The molecule has 3 N–H and O–H groups in total. The van der Waals surface area contributed by atoms with Crippen molar-refractivity contribution in [2.75, 3.05) is 24.6 Å². The second kappa shape index (κ2) is 9.66. The van der Waals surface area contributed by atoms with Crippen LogP contribution in [0.15, 0.2) is 30.5 Å². The molecule has 4 aliphatic rings. The van der Waals surface area contributed by atoms with Gasteiger partial charge in [0.1, 0.15) is 11.6 Å². The molecule has 6 rings (SSSR count). The summed E-state index contributed by atoms with van der Waals surface area (Å²) in [5, 5.41) is 9.46. The van der Waals surface area contributed by atoms with Crippen molar-refractivity contribution in [1.29, 1.82) is 0 Å². The quantitative estimate of drug-likeness (QED) is 0.587. The van der Waals surface area contributed by atoms with E-state index in [1.165, 1.54) is 5.56 Å². The van der Waals surface area contributed by atoms with Crippen molar-refractivity contribution >= 4 is 30.0 Å². The van der Waals surface area contributed by atoms with Crippen molar-refractivity contribution in [1.82, 2.24) is 20.9 Å². The predicted molar refractivity (Wildman–Crippen MR) is 136 cm³/mol. The molecule has 0 aliphatic carbocycles. The van der Waals surface area contributed by atoms with Crippen molar-refractivity contribution in [3.63, 3.8) is 0 Å². The average Bonchev–Trinajstić information content (AvgIpc) is 3.39. The number of ether oxygens (including phenoxy) is 1. The molecule has 2 atom stereocenters. The molecule has 9 heteroatoms. The van der Waals surface area contributed by atoms with Gasteiger partial charge in [-0.05, 0) is 56.4 Å². The number of anilines is 1. The number of halogens is 1. The van der Waals surface area contributed by atoms with Crippen LogP contribution in [0.5, 0.6) is 5.75 Å². The number of carbonyl (C=O) groups is 2. The van der Waals surface area contributed by atoms with Gasteiger partial charge in [0.25, 0.3) is 11.8 Å². The standard InChI is InChI=1S/C26H31N5O3.ClH/c1-15-22(6-2-16-8-9-34-24(15)16)26(33)29-18-10-20-4-5-21(11-18)31(20)23-7-3-17(12-28-23)25(32)30-19-13-27-14-19;/h2-3,6-7,12,18-21,27H,4-5,8-11,13-14H2,1H3,(H,29,33)(H,30,32);1H. The number of hydrogen-bond donors (Lipinski definition) is 3. The van der Waals surface area contributed by atoms with Gasteiger partial charge in [-0.2, -0.15) is 0 Å². The van der Waals surface area contributed by atoms with Crippen LogP contribution in [0.1, 0.15) is 57.5 Å². The third-order valence-corrected chi connectivity index (χ3v) is 7.81. The van der Waals surface area contributed by atoms with E-state index in [1.807, 2.05) is 31.2 Å². The molecule has 1 aromatic carbocycles. The molecule has 2 amide bonds. The lowest BCUT2D eigenvalue weighted by Crippen LogP contribution is -2.56. The zero-order valence-corrected chi connectivity index (χ0v) is 20.7. The van der Waals surface area contributed by atoms with E-state index in [0.717, 1.165) is 62.3 Å². The first-order valence-corrected chi connectivity index (χ1v) is 12.4. The van der Waals surface area contributed by atoms with Gasteiger partial charge >= 0.3 is 0 Å². The van der Waals surface area contributed by atoms with E-state index in [1.54, 1.807) is 6.20 Å². The van der Waals surface area contributed by atoms with Crippen molar-refractivity contribution < 1.29 is 14.3 Å². The molecule has 1 aromatic heterocycles. The second-order valence-electron chi connectivity index (χ2n) is 9.99. The number of fused-ring (bicyclic) bond motifs is 3. The van der Waals surface area contributed by atoms with Gasteiger partial charge in [0.05, 0.1) is 18.2 Å². The summed E-state index contributed by atoms with van der Waals surface area (Å²) < 4.78 is 5.75. The Bertz CT molecular complexity index is 1110. The molecule has 5 heterocycles. The maximum atomic E-state index is 13.1. The third kappa shape index (κ3) is 4.45. The molecule has 0 radical (unpaired) electrons. The predicted octanol–water partition coefficient (Wildman–Crippen LogP) is 2.38. The molecule has 0 saturated carbocycles. The van der Waals surface area contributed by atoms with Crippen LogP contribution < -0.4 is 25.6 Å². The zero-order valence-electron chi connectivity index (χ0n) is 19.9. The van der Waals surface area contributed by atoms with Gasteiger partial charge in [0, 0.05) is 55.0 Å². The number of aromatic nitrogens is 1. The van der Waals surface area contributed by atoms with Gasteiger partial charge in [-0.15, -0.1) is 12.4 Å². The Morgan fingerprint density at radius 1 is 1.03 bits per heavy atom. The smallest absolute Gasteiger partial charge is 0.253 e. The molecule has 3 fully saturated rings. The molecule has 3 saturated heterocycles. The minimum Gasteiger partial charge on any atom is -0.493 e. The lowest BCUT2D eigenvalue weighted by Gasteiger charge is -2.40. The molecule has 2 bridgehead atoms. The number of benzene rings is 1. The second-order valence-corrected chi connectivity index (χ2v) is 9.99. The normalized spacial score (nSPS) is 24.6. The maximum Gasteiger partial charge on any atom is 0.253 e. The third-order valence-electron chi connectivity index (χ3n) is 7.81. The number of nitrogens with one attached hydrogen (secondary N) is 3. The van der Waals surface area contributed by atoms with E-state index >= 15 is 0 Å². The molecular formula is C26H32ClN5O3. The van der Waals surface area contributed by atoms with Crippen LogP contribution in [-0.2, 0) is 6.42 Å². The van der Waals surface area contributed by atoms with Crippen molar-refractivity contribution in [2.45, 2.75) is 63.2 Å². The number of piperidine rings is 1. The van der Waals surface area contributed by atoms with Crippen molar-refractivity contribution in [2.24, 2.45) is 0 Å². The first-order valence-electron chi connectivity index (χ1n) is 12.4. The Morgan fingerprint density at radius 3 is 2.43 bits per heavy atom. The summed E-state index contributed by atoms with van der Waals surface area (Å²) in [6, 6.07) is 8.85. The zero-order chi connectivity index (χ0) is 23.2. The van der Waals surface area contributed by atoms with Crippen molar-refractivity contribution in [3.8, 4) is 5.75 Å². The summed E-state index contributed by atoms with van der Waals surface area (Å²) in [7, 11) is 0. The number of amides is 2. The molecule has 35 heavy (non-hydrogen) atoms. The van der Waals surface area contributed by atoms with Gasteiger partial charge in [0.2, 0.25) is 0 Å². The summed E-state index contributed by atoms with van der Waals surface area (Å²) in [6.07, 6.45) is 6.60. The van der Waals surface area contributed by atoms with Crippen LogP contribution >= 0.6 is 12.4 Å². The van der Waals surface area contributed by atoms with Crippen LogP contribution in [0.25, 0.3) is 0 Å². The first kappa shape index (κ1) is 23.9. The van der Waals surface area contributed by atoms with E-state index < -0.39 is 0 Å². The Kier molecular flexibility index (Phi) is 6.59. The molecule has 8 nitrogen and oxygen atoms in total. The Morgan fingerprint density at radius 2 is 1.77 bits per heavy atom. The van der Waals surface area contributed by atoms with Crippen LogP contribution in [0.4, 0.5) is 5.82 Å². The van der Waals surface area contributed by atoms with E-state index in [-0.39, 0.29) is 36.3 Å². The van der Waals surface area contributed by atoms with E-state index in [4.69, 9.17) is 4.74 Å². The summed E-state index contributed by atoms with van der Waals surface area (Å²) in [5.74, 6) is 1.73. The van der Waals surface area contributed by atoms with E-state index in [9.17, 15) is 9.59 Å². The number of carbonyl (C=O) groups excluding carboxylic acids is 2. The molecule has 186 valence electrons. The Balaban J connectivity index is 0.00000253. The largest absolute Gasteiger partial charge is 0.493 e. The molecule has 0 spiro atoms. The van der Waals surface area contributed by atoms with Gasteiger partial charge in [0.15, 0.2) is 0 Å². The highest BCUT2D eigenvalue weighted by atomic mass is 35.5. The van der Waals surface area contributed by atoms with Gasteiger partial charge in [-0.3, -0.25) is 9.59 Å². The summed E-state index contributed by atoms with van der Waals surface area (Å²) >= 11 is 0. The minimum absolute atomic E-state index is 0. The lowest BCUT2D eigenvalue weighted by molar-refractivity contribution is 0.0916. The van der Waals surface area contributed by atoms with Gasteiger partial charge < -0.3 is 25.6 Å². The number of hydrogen-bond acceptors (Lipinski definition) is 6. The Hall–Kier alpha value is -2.84. The summed E-state index contributed by atoms with van der Waals surface area (Å²) in [6.45, 7) is 4.32. The summed E-state index contributed by atoms with van der Waals surface area (Å²) in [4.78, 5) is 32.5. The average molecular weight is 498 g/mol. The number of nitrogens with zero attached hydrogens (tertiary/aromatic N) is 2. The monoisotopic (exact) mass is 497 g/mol. The van der Waals surface area contributed by atoms with Crippen LogP contribution in [0, 0.1) is 6.92 Å². The minimum atomic E-state index is -0.0674. The fourth-order valence-electron chi connectivity index (χ4n) is 5.92. The van der Waals surface area contributed by atoms with Crippen LogP contribution in [0.3, 0.4) is 0 Å². The highest BCUT2D eigenvalue weighted by Gasteiger charge is 2.42. The maximum absolute atomic E-state index is 13.1. The Labute approximate surface area is 211 Å². The summed E-state index contributed by atoms with van der Waals surface area (Å²) in [5.41, 5.74) is 3.44. The lowest BCUT2D eigenvalue weighted by atomic mass is 9.96. The first-order chi connectivity index (χ1) is 16.6. The van der Waals surface area contributed by atoms with Crippen LogP contribution in [0.2, 0.25) is 0 Å². The molecule has 4 aliphatic heterocycles. The fraction of sp³-hybridized carbons (Fsp3) is 0.500. The number of rotatable bonds is 5. The highest BCUT2D eigenvalue weighted by molar-refractivity contribution is 5.97. The van der Waals surface area contributed by atoms with Crippen molar-refractivity contribution in [3.05, 3.63) is 52.7 Å². The molecule has 2 unspecified atom stereocenters. The highest BCUT2D eigenvalue weighted by Crippen LogP contribution is 2.39. The van der Waals surface area contributed by atoms with Gasteiger partial charge in [-0.25, -0.2) is 4.98 Å². The number of pyridine rings is 1. The topological polar surface area (TPSA) is 95.6 Å². The van der Waals surface area contributed by atoms with E-state index in [0.29, 0.717) is 29.8 Å². The molecule has 2 aromatic rings. The van der Waals surface area contributed by atoms with Gasteiger partial charge in [-0.1, -0.05) is 6.07 Å². The van der Waals surface area contributed by atoms with Crippen LogP contribution in [-0.4, -0.2) is 60.7 Å².